The van der Waals surface area contributed by atoms with Crippen LogP contribution in [0.15, 0.2) is 42.5 Å². The lowest BCUT2D eigenvalue weighted by atomic mass is 10.0. The monoisotopic (exact) mass is 394 g/mol. The number of likely N-dealkylation sites (tertiary alicyclic amines) is 1. The van der Waals surface area contributed by atoms with Crippen LogP contribution in [0.25, 0.3) is 11.0 Å². The van der Waals surface area contributed by atoms with Gasteiger partial charge in [0.15, 0.2) is 0 Å². The summed E-state index contributed by atoms with van der Waals surface area (Å²) in [6.45, 7) is 2.75. The molecule has 1 amide bonds. The Hall–Kier alpha value is -3.09. The minimum absolute atomic E-state index is 0.00718. The van der Waals surface area contributed by atoms with Crippen LogP contribution in [0.4, 0.5) is 0 Å². The van der Waals surface area contributed by atoms with E-state index in [0.29, 0.717) is 6.42 Å². The van der Waals surface area contributed by atoms with E-state index < -0.39 is 0 Å². The molecule has 0 spiro atoms. The molecular weight excluding hydrogens is 368 g/mol. The van der Waals surface area contributed by atoms with Crippen LogP contribution in [0.2, 0.25) is 0 Å². The number of carbonyl (C=O) groups excluding carboxylic acids is 1. The Morgan fingerprint density at radius 1 is 1.21 bits per heavy atom. The van der Waals surface area contributed by atoms with Gasteiger partial charge < -0.3 is 14.4 Å². The van der Waals surface area contributed by atoms with Gasteiger partial charge in [0.2, 0.25) is 5.91 Å². The second kappa shape index (κ2) is 8.11. The molecule has 1 fully saturated rings. The lowest BCUT2D eigenvalue weighted by Crippen LogP contribution is -2.32. The van der Waals surface area contributed by atoms with Crippen LogP contribution in [0.1, 0.15) is 43.8 Å². The molecule has 1 saturated heterocycles. The number of amides is 1. The first-order valence-corrected chi connectivity index (χ1v) is 9.93. The van der Waals surface area contributed by atoms with Gasteiger partial charge in [-0.3, -0.25) is 4.79 Å². The van der Waals surface area contributed by atoms with E-state index in [1.54, 1.807) is 14.2 Å². The van der Waals surface area contributed by atoms with Gasteiger partial charge in [-0.05, 0) is 50.1 Å². The van der Waals surface area contributed by atoms with E-state index in [1.807, 2.05) is 59.0 Å². The second-order valence-corrected chi connectivity index (χ2v) is 7.43. The summed E-state index contributed by atoms with van der Waals surface area (Å²) in [6, 6.07) is 13.5. The van der Waals surface area contributed by atoms with E-state index in [9.17, 15) is 4.79 Å². The molecule has 2 unspecified atom stereocenters. The number of ether oxygens (including phenoxy) is 2. The van der Waals surface area contributed by atoms with E-state index >= 15 is 0 Å². The SMILES string of the molecule is COc1ccc(OC)c(C2CCCN2C(=O)CC(C)n2nnc3ccccc32)c1. The lowest BCUT2D eigenvalue weighted by molar-refractivity contribution is -0.132. The summed E-state index contributed by atoms with van der Waals surface area (Å²) in [5.74, 6) is 1.66. The molecule has 2 atom stereocenters. The first-order valence-electron chi connectivity index (χ1n) is 9.93. The van der Waals surface area contributed by atoms with Gasteiger partial charge in [-0.15, -0.1) is 5.10 Å². The Balaban J connectivity index is 1.55. The molecule has 4 rings (SSSR count). The van der Waals surface area contributed by atoms with Crippen molar-refractivity contribution in [3.63, 3.8) is 0 Å². The standard InChI is InChI=1S/C22H26N4O3/c1-15(26-20-8-5-4-7-18(20)23-24-26)13-22(27)25-12-6-9-19(25)17-14-16(28-2)10-11-21(17)29-3/h4-5,7-8,10-11,14-15,19H,6,9,12-13H2,1-3H3. The predicted octanol–water partition coefficient (Wildman–Crippen LogP) is 3.76. The number of aromatic nitrogens is 3. The fourth-order valence-electron chi connectivity index (χ4n) is 4.16. The van der Waals surface area contributed by atoms with Crippen molar-refractivity contribution in [3.8, 4) is 11.5 Å². The van der Waals surface area contributed by atoms with Crippen molar-refractivity contribution in [1.82, 2.24) is 19.9 Å². The highest BCUT2D eigenvalue weighted by molar-refractivity contribution is 5.78. The number of hydrogen-bond acceptors (Lipinski definition) is 5. The van der Waals surface area contributed by atoms with Crippen molar-refractivity contribution < 1.29 is 14.3 Å². The summed E-state index contributed by atoms with van der Waals surface area (Å²) in [4.78, 5) is 15.2. The summed E-state index contributed by atoms with van der Waals surface area (Å²) in [6.07, 6.45) is 2.25. The molecule has 0 bridgehead atoms. The number of benzene rings is 2. The molecule has 0 saturated carbocycles. The number of fused-ring (bicyclic) bond motifs is 1. The first kappa shape index (κ1) is 19.2. The Morgan fingerprint density at radius 3 is 2.83 bits per heavy atom. The minimum atomic E-state index is -0.0802. The molecule has 1 aliphatic rings. The summed E-state index contributed by atoms with van der Waals surface area (Å²) in [7, 11) is 3.30. The van der Waals surface area contributed by atoms with Crippen LogP contribution in [0, 0.1) is 0 Å². The van der Waals surface area contributed by atoms with Crippen molar-refractivity contribution >= 4 is 16.9 Å². The van der Waals surface area contributed by atoms with Gasteiger partial charge in [0.1, 0.15) is 17.0 Å². The summed E-state index contributed by atoms with van der Waals surface area (Å²) in [5, 5.41) is 8.47. The normalized spacial score (nSPS) is 17.5. The number of nitrogens with zero attached hydrogens (tertiary/aromatic N) is 4. The molecule has 2 heterocycles. The van der Waals surface area contributed by atoms with Crippen LogP contribution in [-0.4, -0.2) is 46.6 Å². The predicted molar refractivity (Wildman–Crippen MR) is 110 cm³/mol. The summed E-state index contributed by atoms with van der Waals surface area (Å²) in [5.41, 5.74) is 2.78. The molecule has 1 aliphatic heterocycles. The Labute approximate surface area is 170 Å². The van der Waals surface area contributed by atoms with Crippen LogP contribution in [0.3, 0.4) is 0 Å². The Kier molecular flexibility index (Phi) is 5.38. The van der Waals surface area contributed by atoms with E-state index in [4.69, 9.17) is 9.47 Å². The maximum absolute atomic E-state index is 13.2. The molecule has 2 aromatic carbocycles. The fraction of sp³-hybridized carbons (Fsp3) is 0.409. The number of hydrogen-bond donors (Lipinski definition) is 0. The average Bonchev–Trinajstić information content (AvgIpc) is 3.40. The number of rotatable bonds is 6. The van der Waals surface area contributed by atoms with Crippen LogP contribution < -0.4 is 9.47 Å². The molecule has 3 aromatic rings. The highest BCUT2D eigenvalue weighted by Crippen LogP contribution is 2.39. The van der Waals surface area contributed by atoms with Crippen LogP contribution in [0.5, 0.6) is 11.5 Å². The van der Waals surface area contributed by atoms with Crippen molar-refractivity contribution in [3.05, 3.63) is 48.0 Å². The van der Waals surface area contributed by atoms with Gasteiger partial charge in [-0.1, -0.05) is 17.3 Å². The van der Waals surface area contributed by atoms with E-state index in [1.165, 1.54) is 0 Å². The largest absolute Gasteiger partial charge is 0.497 e. The van der Waals surface area contributed by atoms with E-state index in [2.05, 4.69) is 10.3 Å². The molecule has 0 N–H and O–H groups in total. The molecule has 29 heavy (non-hydrogen) atoms. The lowest BCUT2D eigenvalue weighted by Gasteiger charge is -2.28. The van der Waals surface area contributed by atoms with Crippen molar-refractivity contribution in [2.24, 2.45) is 0 Å². The van der Waals surface area contributed by atoms with E-state index in [-0.39, 0.29) is 18.0 Å². The molecule has 0 radical (unpaired) electrons. The fourth-order valence-corrected chi connectivity index (χ4v) is 4.16. The number of methoxy groups -OCH3 is 2. The van der Waals surface area contributed by atoms with Gasteiger partial charge in [-0.2, -0.15) is 0 Å². The highest BCUT2D eigenvalue weighted by atomic mass is 16.5. The van der Waals surface area contributed by atoms with Crippen molar-refractivity contribution in [2.75, 3.05) is 20.8 Å². The third-order valence-electron chi connectivity index (χ3n) is 5.63. The number of para-hydroxylation sites is 1. The summed E-state index contributed by atoms with van der Waals surface area (Å²) < 4.78 is 12.8. The zero-order chi connectivity index (χ0) is 20.4. The second-order valence-electron chi connectivity index (χ2n) is 7.43. The third-order valence-corrected chi connectivity index (χ3v) is 5.63. The molecule has 152 valence electrons. The molecular formula is C22H26N4O3. The highest BCUT2D eigenvalue weighted by Gasteiger charge is 2.33. The van der Waals surface area contributed by atoms with Gasteiger partial charge >= 0.3 is 0 Å². The van der Waals surface area contributed by atoms with Gasteiger partial charge in [-0.25, -0.2) is 4.68 Å². The topological polar surface area (TPSA) is 69.5 Å². The Morgan fingerprint density at radius 2 is 2.03 bits per heavy atom. The summed E-state index contributed by atoms with van der Waals surface area (Å²) >= 11 is 0. The first-order chi connectivity index (χ1) is 14.1. The maximum Gasteiger partial charge on any atom is 0.225 e. The average molecular weight is 394 g/mol. The van der Waals surface area contributed by atoms with Gasteiger partial charge in [0.05, 0.1) is 31.8 Å². The third kappa shape index (κ3) is 3.64. The smallest absolute Gasteiger partial charge is 0.225 e. The van der Waals surface area contributed by atoms with Gasteiger partial charge in [0, 0.05) is 18.5 Å². The maximum atomic E-state index is 13.2. The Bertz CT molecular complexity index is 1020. The van der Waals surface area contributed by atoms with Crippen molar-refractivity contribution in [1.29, 1.82) is 0 Å². The molecule has 1 aromatic heterocycles. The molecule has 7 heteroatoms. The van der Waals surface area contributed by atoms with E-state index in [0.717, 1.165) is 47.5 Å². The molecule has 7 nitrogen and oxygen atoms in total. The van der Waals surface area contributed by atoms with Gasteiger partial charge in [0.25, 0.3) is 0 Å². The zero-order valence-corrected chi connectivity index (χ0v) is 17.0. The van der Waals surface area contributed by atoms with Crippen molar-refractivity contribution in [2.45, 2.75) is 38.3 Å². The van der Waals surface area contributed by atoms with Crippen LogP contribution in [-0.2, 0) is 4.79 Å². The van der Waals surface area contributed by atoms with Crippen LogP contribution >= 0.6 is 0 Å². The minimum Gasteiger partial charge on any atom is -0.497 e. The number of carbonyl (C=O) groups is 1. The molecule has 0 aliphatic carbocycles. The quantitative estimate of drug-likeness (QED) is 0.637. The zero-order valence-electron chi connectivity index (χ0n) is 17.0.